The highest BCUT2D eigenvalue weighted by Gasteiger charge is 2.19. The molecule has 0 amide bonds. The summed E-state index contributed by atoms with van der Waals surface area (Å²) in [6.07, 6.45) is 4.03. The second-order valence-electron chi connectivity index (χ2n) is 5.79. The van der Waals surface area contributed by atoms with E-state index in [2.05, 4.69) is 44.3 Å². The van der Waals surface area contributed by atoms with Crippen molar-refractivity contribution in [1.82, 2.24) is 5.32 Å². The first-order chi connectivity index (χ1) is 8.65. The predicted octanol–water partition coefficient (Wildman–Crippen LogP) is 4.39. The lowest BCUT2D eigenvalue weighted by Gasteiger charge is -2.10. The minimum Gasteiger partial charge on any atom is -0.310 e. The van der Waals surface area contributed by atoms with Crippen molar-refractivity contribution in [3.63, 3.8) is 0 Å². The molecule has 1 aliphatic carbocycles. The molecule has 1 fully saturated rings. The van der Waals surface area contributed by atoms with E-state index in [9.17, 15) is 0 Å². The van der Waals surface area contributed by atoms with Crippen molar-refractivity contribution in [2.45, 2.75) is 57.5 Å². The Hall–Kier alpha value is -0.470. The summed E-state index contributed by atoms with van der Waals surface area (Å²) in [6, 6.07) is 7.71. The van der Waals surface area contributed by atoms with Crippen LogP contribution in [0.4, 0.5) is 0 Å². The zero-order chi connectivity index (χ0) is 13.0. The molecule has 1 saturated carbocycles. The molecule has 0 aromatic heterocycles. The molecule has 0 bridgehead atoms. The molecule has 1 nitrogen and oxygen atoms in total. The van der Waals surface area contributed by atoms with Gasteiger partial charge < -0.3 is 5.32 Å². The van der Waals surface area contributed by atoms with E-state index in [4.69, 9.17) is 0 Å². The van der Waals surface area contributed by atoms with Gasteiger partial charge in [0.25, 0.3) is 0 Å². The smallest absolute Gasteiger partial charge is 0.0208 e. The van der Waals surface area contributed by atoms with Gasteiger partial charge in [-0.3, -0.25) is 0 Å². The lowest BCUT2D eigenvalue weighted by molar-refractivity contribution is 0.632. The molecule has 0 heterocycles. The number of rotatable bonds is 7. The number of aryl methyl sites for hydroxylation is 1. The summed E-state index contributed by atoms with van der Waals surface area (Å²) in [5.74, 6) is 2.04. The van der Waals surface area contributed by atoms with Crippen LogP contribution in [0.2, 0.25) is 0 Å². The predicted molar refractivity (Wildman–Crippen MR) is 81.2 cm³/mol. The fraction of sp³-hybridized carbons (Fsp3) is 0.625. The third kappa shape index (κ3) is 4.66. The first-order valence-electron chi connectivity index (χ1n) is 7.11. The first-order valence-corrected chi connectivity index (χ1v) is 8.09. The quantitative estimate of drug-likeness (QED) is 0.732. The molecule has 0 spiro atoms. The minimum atomic E-state index is 0.797. The van der Waals surface area contributed by atoms with Gasteiger partial charge in [-0.05, 0) is 55.1 Å². The van der Waals surface area contributed by atoms with Crippen molar-refractivity contribution in [3.05, 3.63) is 29.3 Å². The molecule has 0 unspecified atom stereocenters. The van der Waals surface area contributed by atoms with E-state index in [1.165, 1.54) is 41.0 Å². The summed E-state index contributed by atoms with van der Waals surface area (Å²) in [5, 5.41) is 3.57. The highest BCUT2D eigenvalue weighted by atomic mass is 32.2. The van der Waals surface area contributed by atoms with E-state index in [1.54, 1.807) is 0 Å². The number of benzene rings is 1. The second-order valence-corrected chi connectivity index (χ2v) is 6.92. The standard InChI is InChI=1S/C16H25NS/c1-12(2)8-9-18-16-7-4-14(10-13(16)3)11-17-15-5-6-15/h4,7,10,12,15,17H,5-6,8-9,11H2,1-3H3. The van der Waals surface area contributed by atoms with Gasteiger partial charge in [-0.15, -0.1) is 11.8 Å². The highest BCUT2D eigenvalue weighted by molar-refractivity contribution is 7.99. The summed E-state index contributed by atoms with van der Waals surface area (Å²) in [5.41, 5.74) is 2.85. The number of thioether (sulfide) groups is 1. The maximum absolute atomic E-state index is 3.57. The molecule has 0 radical (unpaired) electrons. The van der Waals surface area contributed by atoms with Crippen LogP contribution in [0.15, 0.2) is 23.1 Å². The van der Waals surface area contributed by atoms with Crippen LogP contribution in [-0.4, -0.2) is 11.8 Å². The van der Waals surface area contributed by atoms with Crippen LogP contribution in [0.25, 0.3) is 0 Å². The highest BCUT2D eigenvalue weighted by Crippen LogP contribution is 2.25. The fourth-order valence-electron chi connectivity index (χ4n) is 1.94. The van der Waals surface area contributed by atoms with Gasteiger partial charge in [0, 0.05) is 17.5 Å². The molecule has 2 heteroatoms. The number of nitrogens with one attached hydrogen (secondary N) is 1. The van der Waals surface area contributed by atoms with Gasteiger partial charge in [0.2, 0.25) is 0 Å². The zero-order valence-corrected chi connectivity index (χ0v) is 12.6. The molecule has 18 heavy (non-hydrogen) atoms. The molecule has 100 valence electrons. The molecule has 1 aliphatic rings. The van der Waals surface area contributed by atoms with E-state index >= 15 is 0 Å². The van der Waals surface area contributed by atoms with Crippen LogP contribution in [-0.2, 0) is 6.54 Å². The average molecular weight is 263 g/mol. The molecule has 0 aliphatic heterocycles. The molecular weight excluding hydrogens is 238 g/mol. The van der Waals surface area contributed by atoms with Gasteiger partial charge in [0.05, 0.1) is 0 Å². The van der Waals surface area contributed by atoms with Crippen LogP contribution < -0.4 is 5.32 Å². The summed E-state index contributed by atoms with van der Waals surface area (Å²) in [4.78, 5) is 1.45. The third-order valence-corrected chi connectivity index (χ3v) is 4.57. The van der Waals surface area contributed by atoms with Gasteiger partial charge in [-0.1, -0.05) is 26.0 Å². The normalized spacial score (nSPS) is 15.3. The van der Waals surface area contributed by atoms with Gasteiger partial charge in [0.1, 0.15) is 0 Å². The lowest BCUT2D eigenvalue weighted by atomic mass is 10.1. The van der Waals surface area contributed by atoms with Crippen LogP contribution >= 0.6 is 11.8 Å². The van der Waals surface area contributed by atoms with Gasteiger partial charge in [0.15, 0.2) is 0 Å². The van der Waals surface area contributed by atoms with E-state index in [0.717, 1.165) is 18.5 Å². The molecule has 2 rings (SSSR count). The van der Waals surface area contributed by atoms with E-state index < -0.39 is 0 Å². The Morgan fingerprint density at radius 1 is 1.33 bits per heavy atom. The fourth-order valence-corrected chi connectivity index (χ4v) is 3.20. The van der Waals surface area contributed by atoms with Crippen LogP contribution in [0, 0.1) is 12.8 Å². The van der Waals surface area contributed by atoms with Crippen molar-refractivity contribution in [1.29, 1.82) is 0 Å². The van der Waals surface area contributed by atoms with Gasteiger partial charge in [-0.25, -0.2) is 0 Å². The lowest BCUT2D eigenvalue weighted by Crippen LogP contribution is -2.15. The molecule has 0 atom stereocenters. The first kappa shape index (κ1) is 14.0. The summed E-state index contributed by atoms with van der Waals surface area (Å²) in [6.45, 7) is 7.85. The molecule has 1 aromatic carbocycles. The Morgan fingerprint density at radius 2 is 2.11 bits per heavy atom. The largest absolute Gasteiger partial charge is 0.310 e. The van der Waals surface area contributed by atoms with E-state index in [0.29, 0.717) is 0 Å². The molecule has 1 N–H and O–H groups in total. The van der Waals surface area contributed by atoms with Crippen LogP contribution in [0.5, 0.6) is 0 Å². The summed E-state index contributed by atoms with van der Waals surface area (Å²) < 4.78 is 0. The van der Waals surface area contributed by atoms with E-state index in [-0.39, 0.29) is 0 Å². The monoisotopic (exact) mass is 263 g/mol. The topological polar surface area (TPSA) is 12.0 Å². The molecule has 0 saturated heterocycles. The van der Waals surface area contributed by atoms with Crippen molar-refractivity contribution in [3.8, 4) is 0 Å². The van der Waals surface area contributed by atoms with Crippen molar-refractivity contribution in [2.75, 3.05) is 5.75 Å². The van der Waals surface area contributed by atoms with Gasteiger partial charge >= 0.3 is 0 Å². The minimum absolute atomic E-state index is 0.797. The molecular formula is C16H25NS. The Kier molecular flexibility index (Phi) is 5.13. The Morgan fingerprint density at radius 3 is 2.72 bits per heavy atom. The van der Waals surface area contributed by atoms with E-state index in [1.807, 2.05) is 11.8 Å². The van der Waals surface area contributed by atoms with Crippen molar-refractivity contribution < 1.29 is 0 Å². The Balaban J connectivity index is 1.83. The summed E-state index contributed by atoms with van der Waals surface area (Å²) in [7, 11) is 0. The second kappa shape index (κ2) is 6.63. The Bertz CT molecular complexity index is 383. The van der Waals surface area contributed by atoms with Crippen LogP contribution in [0.1, 0.15) is 44.2 Å². The summed E-state index contributed by atoms with van der Waals surface area (Å²) >= 11 is 2.00. The average Bonchev–Trinajstić information content (AvgIpc) is 3.12. The third-order valence-electron chi connectivity index (χ3n) is 3.36. The van der Waals surface area contributed by atoms with Crippen LogP contribution in [0.3, 0.4) is 0 Å². The van der Waals surface area contributed by atoms with Gasteiger partial charge in [-0.2, -0.15) is 0 Å². The maximum atomic E-state index is 3.57. The van der Waals surface area contributed by atoms with Crippen molar-refractivity contribution >= 4 is 11.8 Å². The number of hydrogen-bond acceptors (Lipinski definition) is 2. The molecule has 1 aromatic rings. The maximum Gasteiger partial charge on any atom is 0.0208 e. The Labute approximate surface area is 116 Å². The zero-order valence-electron chi connectivity index (χ0n) is 11.8. The SMILES string of the molecule is Cc1cc(CNC2CC2)ccc1SCCC(C)C. The number of hydrogen-bond donors (Lipinski definition) is 1. The van der Waals surface area contributed by atoms with Crippen molar-refractivity contribution in [2.24, 2.45) is 5.92 Å².